The van der Waals surface area contributed by atoms with E-state index in [4.69, 9.17) is 4.74 Å². The fourth-order valence-corrected chi connectivity index (χ4v) is 4.78. The molecule has 188 valence electrons. The second-order valence-electron chi connectivity index (χ2n) is 7.54. The lowest BCUT2D eigenvalue weighted by Gasteiger charge is -2.25. The molecule has 0 radical (unpaired) electrons. The highest BCUT2D eigenvalue weighted by atomic mass is 32.2. The van der Waals surface area contributed by atoms with Gasteiger partial charge in [-0.25, -0.2) is 18.6 Å². The SMILES string of the molecule is CCc1ccccc1N(CC(=O)N/N=C\c1cccc(OCC(=O)OC)c1)S(=O)(=O)c1ccccc1. The number of benzene rings is 3. The molecule has 0 aliphatic heterocycles. The molecular formula is C26H27N3O6S. The van der Waals surface area contributed by atoms with Crippen LogP contribution < -0.4 is 14.5 Å². The van der Waals surface area contributed by atoms with Crippen LogP contribution in [0.3, 0.4) is 0 Å². The van der Waals surface area contributed by atoms with Crippen LogP contribution >= 0.6 is 0 Å². The van der Waals surface area contributed by atoms with Gasteiger partial charge in [0, 0.05) is 0 Å². The highest BCUT2D eigenvalue weighted by Crippen LogP contribution is 2.27. The molecule has 10 heteroatoms. The summed E-state index contributed by atoms with van der Waals surface area (Å²) in [6, 6.07) is 21.7. The first kappa shape index (κ1) is 26.4. The molecule has 3 aromatic carbocycles. The molecule has 3 aromatic rings. The van der Waals surface area contributed by atoms with E-state index in [0.717, 1.165) is 9.87 Å². The first-order valence-corrected chi connectivity index (χ1v) is 12.6. The van der Waals surface area contributed by atoms with Crippen LogP contribution in [0.5, 0.6) is 5.75 Å². The molecule has 0 atom stereocenters. The molecular weight excluding hydrogens is 482 g/mol. The Bertz CT molecular complexity index is 1330. The summed E-state index contributed by atoms with van der Waals surface area (Å²) >= 11 is 0. The van der Waals surface area contributed by atoms with Crippen LogP contribution in [0.25, 0.3) is 0 Å². The van der Waals surface area contributed by atoms with Crippen molar-refractivity contribution in [3.8, 4) is 5.75 Å². The van der Waals surface area contributed by atoms with Gasteiger partial charge in [-0.15, -0.1) is 0 Å². The average Bonchev–Trinajstić information content (AvgIpc) is 2.91. The van der Waals surface area contributed by atoms with Crippen molar-refractivity contribution >= 4 is 33.8 Å². The predicted octanol–water partition coefficient (Wildman–Crippen LogP) is 3.15. The number of ether oxygens (including phenoxy) is 2. The van der Waals surface area contributed by atoms with E-state index in [-0.39, 0.29) is 11.5 Å². The molecule has 0 aromatic heterocycles. The molecule has 0 spiro atoms. The Balaban J connectivity index is 1.77. The van der Waals surface area contributed by atoms with Crippen LogP contribution in [-0.2, 0) is 30.8 Å². The molecule has 0 unspecified atom stereocenters. The van der Waals surface area contributed by atoms with E-state index in [2.05, 4.69) is 15.3 Å². The fourth-order valence-electron chi connectivity index (χ4n) is 3.30. The number of esters is 1. The number of hydrazone groups is 1. The van der Waals surface area contributed by atoms with Gasteiger partial charge in [0.1, 0.15) is 12.3 Å². The second kappa shape index (κ2) is 12.5. The minimum atomic E-state index is -4.01. The standard InChI is InChI=1S/C26H27N3O6S/c1-3-21-11-7-8-15-24(21)29(36(32,33)23-13-5-4-6-14-23)18-25(30)28-27-17-20-10-9-12-22(16-20)35-19-26(31)34-2/h4-17H,3,18-19H2,1-2H3,(H,28,30)/b27-17-. The molecule has 9 nitrogen and oxygen atoms in total. The zero-order valence-corrected chi connectivity index (χ0v) is 20.8. The highest BCUT2D eigenvalue weighted by molar-refractivity contribution is 7.92. The number of carbonyl (C=O) groups excluding carboxylic acids is 2. The molecule has 0 aliphatic rings. The molecule has 1 N–H and O–H groups in total. The highest BCUT2D eigenvalue weighted by Gasteiger charge is 2.28. The number of methoxy groups -OCH3 is 1. The van der Waals surface area contributed by atoms with E-state index in [1.807, 2.05) is 19.1 Å². The lowest BCUT2D eigenvalue weighted by atomic mass is 10.1. The number of anilines is 1. The van der Waals surface area contributed by atoms with Crippen molar-refractivity contribution in [1.82, 2.24) is 5.43 Å². The van der Waals surface area contributed by atoms with Gasteiger partial charge in [-0.2, -0.15) is 5.10 Å². The van der Waals surface area contributed by atoms with Crippen molar-refractivity contribution in [2.45, 2.75) is 18.2 Å². The summed E-state index contributed by atoms with van der Waals surface area (Å²) in [5.74, 6) is -0.706. The first-order valence-electron chi connectivity index (χ1n) is 11.1. The van der Waals surface area contributed by atoms with Crippen LogP contribution in [0.1, 0.15) is 18.1 Å². The zero-order chi connectivity index (χ0) is 26.0. The Morgan fingerprint density at radius 1 is 1.00 bits per heavy atom. The van der Waals surface area contributed by atoms with Crippen molar-refractivity contribution in [3.63, 3.8) is 0 Å². The number of aryl methyl sites for hydroxylation is 1. The predicted molar refractivity (Wildman–Crippen MR) is 136 cm³/mol. The van der Waals surface area contributed by atoms with Gasteiger partial charge in [0.25, 0.3) is 15.9 Å². The zero-order valence-electron chi connectivity index (χ0n) is 20.0. The van der Waals surface area contributed by atoms with Gasteiger partial charge in [-0.1, -0.05) is 55.5 Å². The van der Waals surface area contributed by atoms with Gasteiger partial charge in [-0.05, 0) is 47.9 Å². The first-order chi connectivity index (χ1) is 17.3. The molecule has 0 saturated heterocycles. The third-order valence-electron chi connectivity index (χ3n) is 5.10. The van der Waals surface area contributed by atoms with Crippen molar-refractivity contribution < 1.29 is 27.5 Å². The number of sulfonamides is 1. The molecule has 1 amide bonds. The van der Waals surface area contributed by atoms with Gasteiger partial charge in [0.15, 0.2) is 6.61 Å². The topological polar surface area (TPSA) is 114 Å². The third kappa shape index (κ3) is 6.92. The number of rotatable bonds is 11. The Hall–Kier alpha value is -4.18. The number of hydrogen-bond donors (Lipinski definition) is 1. The minimum absolute atomic E-state index is 0.0796. The summed E-state index contributed by atoms with van der Waals surface area (Å²) in [5.41, 5.74) is 4.20. The molecule has 0 bridgehead atoms. The van der Waals surface area contributed by atoms with Crippen LogP contribution in [0.15, 0.2) is 88.9 Å². The fraction of sp³-hybridized carbons (Fsp3) is 0.192. The van der Waals surface area contributed by atoms with Gasteiger partial charge in [-0.3, -0.25) is 9.10 Å². The van der Waals surface area contributed by atoms with Crippen LogP contribution in [-0.4, -0.2) is 46.8 Å². The lowest BCUT2D eigenvalue weighted by Crippen LogP contribution is -2.40. The molecule has 36 heavy (non-hydrogen) atoms. The molecule has 0 saturated carbocycles. The molecule has 0 heterocycles. The normalized spacial score (nSPS) is 11.2. The summed E-state index contributed by atoms with van der Waals surface area (Å²) in [6.07, 6.45) is 1.98. The quantitative estimate of drug-likeness (QED) is 0.241. The number of nitrogens with zero attached hydrogens (tertiary/aromatic N) is 2. The Labute approximate surface area is 210 Å². The smallest absolute Gasteiger partial charge is 0.343 e. The van der Waals surface area contributed by atoms with E-state index in [9.17, 15) is 18.0 Å². The van der Waals surface area contributed by atoms with Gasteiger partial charge < -0.3 is 9.47 Å². The van der Waals surface area contributed by atoms with Crippen LogP contribution in [0.2, 0.25) is 0 Å². The summed E-state index contributed by atoms with van der Waals surface area (Å²) in [4.78, 5) is 24.1. The molecule has 0 aliphatic carbocycles. The maximum absolute atomic E-state index is 13.5. The van der Waals surface area contributed by atoms with Crippen LogP contribution in [0, 0.1) is 0 Å². The van der Waals surface area contributed by atoms with E-state index < -0.39 is 28.4 Å². The third-order valence-corrected chi connectivity index (χ3v) is 6.88. The summed E-state index contributed by atoms with van der Waals surface area (Å²) in [6.45, 7) is 1.21. The largest absolute Gasteiger partial charge is 0.482 e. The number of carbonyl (C=O) groups is 2. The Kier molecular flexibility index (Phi) is 9.18. The molecule has 0 fully saturated rings. The maximum atomic E-state index is 13.5. The summed E-state index contributed by atoms with van der Waals surface area (Å²) in [7, 11) is -2.75. The van der Waals surface area contributed by atoms with E-state index in [1.54, 1.807) is 54.6 Å². The van der Waals surface area contributed by atoms with Crippen molar-refractivity contribution in [2.24, 2.45) is 5.10 Å². The van der Waals surface area contributed by atoms with Crippen molar-refractivity contribution in [3.05, 3.63) is 90.0 Å². The Morgan fingerprint density at radius 3 is 2.44 bits per heavy atom. The summed E-state index contributed by atoms with van der Waals surface area (Å²) in [5, 5.41) is 3.94. The van der Waals surface area contributed by atoms with Crippen molar-refractivity contribution in [1.29, 1.82) is 0 Å². The van der Waals surface area contributed by atoms with Gasteiger partial charge >= 0.3 is 5.97 Å². The number of nitrogens with one attached hydrogen (secondary N) is 1. The molecule has 3 rings (SSSR count). The number of hydrogen-bond acceptors (Lipinski definition) is 7. The van der Waals surface area contributed by atoms with Crippen LogP contribution in [0.4, 0.5) is 5.69 Å². The average molecular weight is 510 g/mol. The number of amides is 1. The van der Waals surface area contributed by atoms with Gasteiger partial charge in [0.2, 0.25) is 0 Å². The van der Waals surface area contributed by atoms with E-state index >= 15 is 0 Å². The van der Waals surface area contributed by atoms with Gasteiger partial charge in [0.05, 0.1) is 23.9 Å². The number of para-hydroxylation sites is 1. The summed E-state index contributed by atoms with van der Waals surface area (Å²) < 4.78 is 37.9. The van der Waals surface area contributed by atoms with E-state index in [1.165, 1.54) is 25.5 Å². The van der Waals surface area contributed by atoms with E-state index in [0.29, 0.717) is 23.4 Å². The monoisotopic (exact) mass is 509 g/mol. The minimum Gasteiger partial charge on any atom is -0.482 e. The van der Waals surface area contributed by atoms with Crippen molar-refractivity contribution in [2.75, 3.05) is 24.6 Å². The Morgan fingerprint density at radius 2 is 1.72 bits per heavy atom. The lowest BCUT2D eigenvalue weighted by molar-refractivity contribution is -0.142. The second-order valence-corrected chi connectivity index (χ2v) is 9.40. The maximum Gasteiger partial charge on any atom is 0.343 e.